The van der Waals surface area contributed by atoms with Gasteiger partial charge in [-0.1, -0.05) is 13.3 Å². The van der Waals surface area contributed by atoms with Gasteiger partial charge < -0.3 is 15.4 Å². The number of carbonyl (C=O) groups is 1. The Morgan fingerprint density at radius 2 is 1.86 bits per heavy atom. The van der Waals surface area contributed by atoms with Gasteiger partial charge in [0.25, 0.3) is 5.91 Å². The van der Waals surface area contributed by atoms with Gasteiger partial charge in [0.2, 0.25) is 0 Å². The molecule has 1 amide bonds. The molecule has 2 N–H and O–H groups in total. The van der Waals surface area contributed by atoms with Crippen LogP contribution in [-0.4, -0.2) is 32.2 Å². The van der Waals surface area contributed by atoms with E-state index in [1.807, 2.05) is 0 Å². The van der Waals surface area contributed by atoms with E-state index < -0.39 is 17.5 Å². The molecule has 6 heteroatoms. The van der Waals surface area contributed by atoms with Crippen molar-refractivity contribution in [2.75, 3.05) is 31.6 Å². The normalized spacial score (nSPS) is 10.5. The summed E-state index contributed by atoms with van der Waals surface area (Å²) in [5.41, 5.74) is -0.253. The quantitative estimate of drug-likeness (QED) is 0.689. The van der Waals surface area contributed by atoms with Crippen LogP contribution in [0.2, 0.25) is 0 Å². The summed E-state index contributed by atoms with van der Waals surface area (Å²) in [6, 6.07) is 2.04. The van der Waals surface area contributed by atoms with Gasteiger partial charge in [0.05, 0.1) is 6.61 Å². The molecule has 21 heavy (non-hydrogen) atoms. The predicted octanol–water partition coefficient (Wildman–Crippen LogP) is 2.94. The average molecular weight is 300 g/mol. The van der Waals surface area contributed by atoms with E-state index in [2.05, 4.69) is 17.6 Å². The maximum Gasteiger partial charge on any atom is 0.251 e. The number of carbonyl (C=O) groups excluding carboxylic acids is 1. The third-order valence-electron chi connectivity index (χ3n) is 2.83. The van der Waals surface area contributed by atoms with Crippen molar-refractivity contribution in [2.45, 2.75) is 26.7 Å². The minimum Gasteiger partial charge on any atom is -0.381 e. The van der Waals surface area contributed by atoms with E-state index in [0.29, 0.717) is 26.3 Å². The largest absolute Gasteiger partial charge is 0.381 e. The zero-order valence-electron chi connectivity index (χ0n) is 12.5. The van der Waals surface area contributed by atoms with Crippen molar-refractivity contribution in [1.29, 1.82) is 0 Å². The second-order valence-corrected chi connectivity index (χ2v) is 4.57. The lowest BCUT2D eigenvalue weighted by Gasteiger charge is -2.10. The number of unbranched alkanes of at least 4 members (excludes halogenated alkanes) is 1. The van der Waals surface area contributed by atoms with E-state index in [9.17, 15) is 13.6 Å². The SMILES string of the molecule is CCCCOCCNC(=O)c1cc(F)c(NCC)c(F)c1. The van der Waals surface area contributed by atoms with Crippen molar-refractivity contribution in [3.63, 3.8) is 0 Å². The zero-order valence-corrected chi connectivity index (χ0v) is 12.5. The summed E-state index contributed by atoms with van der Waals surface area (Å²) in [5.74, 6) is -2.07. The molecule has 118 valence electrons. The van der Waals surface area contributed by atoms with Crippen LogP contribution in [0.5, 0.6) is 0 Å². The summed E-state index contributed by atoms with van der Waals surface area (Å²) in [7, 11) is 0. The summed E-state index contributed by atoms with van der Waals surface area (Å²) in [6.07, 6.45) is 2.01. The molecule has 0 unspecified atom stereocenters. The molecule has 1 rings (SSSR count). The molecule has 1 aromatic rings. The molecular weight excluding hydrogens is 278 g/mol. The topological polar surface area (TPSA) is 50.4 Å². The maximum absolute atomic E-state index is 13.7. The first kappa shape index (κ1) is 17.4. The fraction of sp³-hybridized carbons (Fsp3) is 0.533. The minimum absolute atomic E-state index is 0.0415. The van der Waals surface area contributed by atoms with E-state index in [0.717, 1.165) is 25.0 Å². The van der Waals surface area contributed by atoms with E-state index in [1.165, 1.54) is 0 Å². The molecule has 0 fully saturated rings. The average Bonchev–Trinajstić information content (AvgIpc) is 2.46. The molecule has 0 radical (unpaired) electrons. The van der Waals surface area contributed by atoms with Crippen LogP contribution in [-0.2, 0) is 4.74 Å². The fourth-order valence-electron chi connectivity index (χ4n) is 1.74. The Hall–Kier alpha value is -1.69. The Morgan fingerprint density at radius 1 is 1.19 bits per heavy atom. The van der Waals surface area contributed by atoms with Crippen LogP contribution in [0.15, 0.2) is 12.1 Å². The van der Waals surface area contributed by atoms with Crippen LogP contribution < -0.4 is 10.6 Å². The molecule has 0 aromatic heterocycles. The number of halogens is 2. The highest BCUT2D eigenvalue weighted by molar-refractivity contribution is 5.94. The van der Waals surface area contributed by atoms with Gasteiger partial charge in [-0.05, 0) is 25.5 Å². The smallest absolute Gasteiger partial charge is 0.251 e. The molecule has 0 atom stereocenters. The highest BCUT2D eigenvalue weighted by atomic mass is 19.1. The number of hydrogen-bond acceptors (Lipinski definition) is 3. The second kappa shape index (κ2) is 9.28. The molecule has 0 saturated heterocycles. The summed E-state index contributed by atoms with van der Waals surface area (Å²) < 4.78 is 32.6. The van der Waals surface area contributed by atoms with Crippen LogP contribution >= 0.6 is 0 Å². The van der Waals surface area contributed by atoms with Crippen molar-refractivity contribution in [1.82, 2.24) is 5.32 Å². The minimum atomic E-state index is -0.777. The summed E-state index contributed by atoms with van der Waals surface area (Å²) in [4.78, 5) is 11.8. The van der Waals surface area contributed by atoms with Crippen LogP contribution in [0.1, 0.15) is 37.0 Å². The van der Waals surface area contributed by atoms with Gasteiger partial charge in [0.15, 0.2) is 0 Å². The van der Waals surface area contributed by atoms with Gasteiger partial charge in [0.1, 0.15) is 17.3 Å². The summed E-state index contributed by atoms with van der Waals surface area (Å²) >= 11 is 0. The predicted molar refractivity (Wildman–Crippen MR) is 78.6 cm³/mol. The number of benzene rings is 1. The molecular formula is C15H22F2N2O2. The van der Waals surface area contributed by atoms with E-state index in [4.69, 9.17) is 4.74 Å². The van der Waals surface area contributed by atoms with Crippen LogP contribution in [0.4, 0.5) is 14.5 Å². The van der Waals surface area contributed by atoms with Crippen molar-refractivity contribution in [2.24, 2.45) is 0 Å². The molecule has 0 aliphatic rings. The Morgan fingerprint density at radius 3 is 2.43 bits per heavy atom. The molecule has 0 saturated carbocycles. The van der Waals surface area contributed by atoms with Gasteiger partial charge >= 0.3 is 0 Å². The van der Waals surface area contributed by atoms with Crippen molar-refractivity contribution < 1.29 is 18.3 Å². The van der Waals surface area contributed by atoms with Gasteiger partial charge in [-0.3, -0.25) is 4.79 Å². The number of rotatable bonds is 9. The van der Waals surface area contributed by atoms with Crippen LogP contribution in [0.3, 0.4) is 0 Å². The molecule has 0 bridgehead atoms. The number of ether oxygens (including phenoxy) is 1. The van der Waals surface area contributed by atoms with Gasteiger partial charge in [-0.15, -0.1) is 0 Å². The first-order chi connectivity index (χ1) is 10.1. The van der Waals surface area contributed by atoms with Crippen molar-refractivity contribution in [3.8, 4) is 0 Å². The Balaban J connectivity index is 2.51. The van der Waals surface area contributed by atoms with Crippen molar-refractivity contribution >= 4 is 11.6 Å². The second-order valence-electron chi connectivity index (χ2n) is 4.57. The number of nitrogens with one attached hydrogen (secondary N) is 2. The zero-order chi connectivity index (χ0) is 15.7. The van der Waals surface area contributed by atoms with Gasteiger partial charge in [-0.2, -0.15) is 0 Å². The van der Waals surface area contributed by atoms with E-state index in [-0.39, 0.29) is 11.3 Å². The number of anilines is 1. The number of amides is 1. The monoisotopic (exact) mass is 300 g/mol. The molecule has 0 heterocycles. The lowest BCUT2D eigenvalue weighted by Crippen LogP contribution is -2.27. The Labute approximate surface area is 123 Å². The Kier molecular flexibility index (Phi) is 7.68. The Bertz CT molecular complexity index is 444. The third-order valence-corrected chi connectivity index (χ3v) is 2.83. The van der Waals surface area contributed by atoms with Gasteiger partial charge in [0, 0.05) is 25.3 Å². The van der Waals surface area contributed by atoms with Gasteiger partial charge in [-0.25, -0.2) is 8.78 Å². The molecule has 0 spiro atoms. The molecule has 0 aliphatic carbocycles. The molecule has 4 nitrogen and oxygen atoms in total. The van der Waals surface area contributed by atoms with E-state index in [1.54, 1.807) is 6.92 Å². The van der Waals surface area contributed by atoms with Crippen molar-refractivity contribution in [3.05, 3.63) is 29.3 Å². The summed E-state index contributed by atoms with van der Waals surface area (Å²) in [5, 5.41) is 5.14. The van der Waals surface area contributed by atoms with E-state index >= 15 is 0 Å². The highest BCUT2D eigenvalue weighted by Gasteiger charge is 2.14. The first-order valence-corrected chi connectivity index (χ1v) is 7.19. The summed E-state index contributed by atoms with van der Waals surface area (Å²) in [6.45, 7) is 5.53. The third kappa shape index (κ3) is 5.67. The van der Waals surface area contributed by atoms with Crippen LogP contribution in [0.25, 0.3) is 0 Å². The lowest BCUT2D eigenvalue weighted by atomic mass is 10.1. The molecule has 1 aromatic carbocycles. The highest BCUT2D eigenvalue weighted by Crippen LogP contribution is 2.20. The maximum atomic E-state index is 13.7. The number of hydrogen-bond donors (Lipinski definition) is 2. The standard InChI is InChI=1S/C15H22F2N2O2/c1-3-5-7-21-8-6-19-15(20)11-9-12(16)14(18-4-2)13(17)10-11/h9-10,18H,3-8H2,1-2H3,(H,19,20). The lowest BCUT2D eigenvalue weighted by molar-refractivity contribution is 0.0912. The molecule has 0 aliphatic heterocycles. The first-order valence-electron chi connectivity index (χ1n) is 7.19. The van der Waals surface area contributed by atoms with Crippen LogP contribution in [0, 0.1) is 11.6 Å². The fourth-order valence-corrected chi connectivity index (χ4v) is 1.74.